The van der Waals surface area contributed by atoms with E-state index in [9.17, 15) is 4.79 Å². The molecule has 0 radical (unpaired) electrons. The van der Waals surface area contributed by atoms with Crippen LogP contribution in [0.4, 0.5) is 5.82 Å². The summed E-state index contributed by atoms with van der Waals surface area (Å²) in [5, 5.41) is 11.1. The molecule has 2 aromatic rings. The predicted octanol–water partition coefficient (Wildman–Crippen LogP) is 1.99. The fourth-order valence-corrected chi connectivity index (χ4v) is 3.23. The second-order valence-corrected chi connectivity index (χ2v) is 5.37. The van der Waals surface area contributed by atoms with Gasteiger partial charge in [-0.2, -0.15) is 0 Å². The van der Waals surface area contributed by atoms with E-state index in [1.807, 2.05) is 11.4 Å². The summed E-state index contributed by atoms with van der Waals surface area (Å²) >= 11 is 1.60. The van der Waals surface area contributed by atoms with Gasteiger partial charge in [0, 0.05) is 13.1 Å². The van der Waals surface area contributed by atoms with Crippen molar-refractivity contribution in [2.45, 2.75) is 12.8 Å². The first kappa shape index (κ1) is 11.4. The van der Waals surface area contributed by atoms with Crippen molar-refractivity contribution >= 4 is 33.3 Å². The highest BCUT2D eigenvalue weighted by Gasteiger charge is 2.27. The van der Waals surface area contributed by atoms with E-state index in [2.05, 4.69) is 14.9 Å². The topological polar surface area (TPSA) is 66.3 Å². The van der Waals surface area contributed by atoms with Crippen LogP contribution in [0.5, 0.6) is 0 Å². The van der Waals surface area contributed by atoms with Crippen molar-refractivity contribution in [1.82, 2.24) is 9.97 Å². The average molecular weight is 263 g/mol. The van der Waals surface area contributed by atoms with E-state index in [4.69, 9.17) is 5.11 Å². The summed E-state index contributed by atoms with van der Waals surface area (Å²) < 4.78 is 1.04. The Morgan fingerprint density at radius 1 is 1.50 bits per heavy atom. The van der Waals surface area contributed by atoms with E-state index in [1.54, 1.807) is 17.7 Å². The minimum Gasteiger partial charge on any atom is -0.481 e. The molecule has 0 aromatic carbocycles. The van der Waals surface area contributed by atoms with Crippen LogP contribution in [0, 0.1) is 5.92 Å². The monoisotopic (exact) mass is 263 g/mol. The number of piperidine rings is 1. The lowest BCUT2D eigenvalue weighted by Gasteiger charge is -2.31. The highest BCUT2D eigenvalue weighted by Crippen LogP contribution is 2.30. The summed E-state index contributed by atoms with van der Waals surface area (Å²) in [7, 11) is 0. The zero-order valence-electron chi connectivity index (χ0n) is 9.74. The van der Waals surface area contributed by atoms with Gasteiger partial charge in [-0.25, -0.2) is 9.97 Å². The Bertz CT molecular complexity index is 583. The van der Waals surface area contributed by atoms with Gasteiger partial charge in [0.2, 0.25) is 0 Å². The Morgan fingerprint density at radius 2 is 2.39 bits per heavy atom. The van der Waals surface area contributed by atoms with E-state index >= 15 is 0 Å². The maximum Gasteiger partial charge on any atom is 0.308 e. The third kappa shape index (κ3) is 1.92. The number of thiophene rings is 1. The first-order valence-electron chi connectivity index (χ1n) is 5.91. The number of anilines is 1. The summed E-state index contributed by atoms with van der Waals surface area (Å²) in [6.07, 6.45) is 3.20. The highest BCUT2D eigenvalue weighted by atomic mass is 32.1. The van der Waals surface area contributed by atoms with Gasteiger partial charge in [-0.3, -0.25) is 4.79 Å². The van der Waals surface area contributed by atoms with Gasteiger partial charge in [0.05, 0.1) is 16.1 Å². The molecular formula is C12H13N3O2S. The van der Waals surface area contributed by atoms with E-state index < -0.39 is 5.97 Å². The van der Waals surface area contributed by atoms with Crippen molar-refractivity contribution in [1.29, 1.82) is 0 Å². The number of carbonyl (C=O) groups is 1. The van der Waals surface area contributed by atoms with Gasteiger partial charge >= 0.3 is 5.97 Å². The molecule has 5 nitrogen and oxygen atoms in total. The van der Waals surface area contributed by atoms with Crippen LogP contribution in [0.25, 0.3) is 10.2 Å². The number of carboxylic acids is 1. The Kier molecular flexibility index (Phi) is 2.87. The first-order chi connectivity index (χ1) is 8.75. The molecule has 3 heterocycles. The van der Waals surface area contributed by atoms with Crippen molar-refractivity contribution in [3.05, 3.63) is 17.8 Å². The van der Waals surface area contributed by atoms with E-state index in [-0.39, 0.29) is 5.92 Å². The van der Waals surface area contributed by atoms with Gasteiger partial charge in [-0.15, -0.1) is 11.3 Å². The molecule has 0 aliphatic carbocycles. The molecule has 18 heavy (non-hydrogen) atoms. The number of fused-ring (bicyclic) bond motifs is 1. The lowest BCUT2D eigenvalue weighted by molar-refractivity contribution is -0.141. The third-order valence-corrected chi connectivity index (χ3v) is 4.19. The largest absolute Gasteiger partial charge is 0.481 e. The normalized spacial score (nSPS) is 20.2. The number of hydrogen-bond acceptors (Lipinski definition) is 5. The molecule has 0 saturated carbocycles. The van der Waals surface area contributed by atoms with Crippen LogP contribution in [0.3, 0.4) is 0 Å². The SMILES string of the molecule is O=C(O)[C@@H]1CCCN(c2ncnc3ccsc23)C1. The molecule has 1 aliphatic heterocycles. The Labute approximate surface area is 108 Å². The fraction of sp³-hybridized carbons (Fsp3) is 0.417. The van der Waals surface area contributed by atoms with Crippen LogP contribution in [-0.4, -0.2) is 34.1 Å². The van der Waals surface area contributed by atoms with Gasteiger partial charge in [-0.05, 0) is 24.3 Å². The molecule has 0 spiro atoms. The molecule has 1 aliphatic rings. The minimum atomic E-state index is -0.712. The third-order valence-electron chi connectivity index (χ3n) is 3.29. The van der Waals surface area contributed by atoms with E-state index in [0.717, 1.165) is 35.4 Å². The summed E-state index contributed by atoms with van der Waals surface area (Å²) in [5.41, 5.74) is 0.933. The fourth-order valence-electron chi connectivity index (χ4n) is 2.37. The molecule has 0 bridgehead atoms. The molecule has 94 valence electrons. The number of aromatic nitrogens is 2. The maximum absolute atomic E-state index is 11.1. The quantitative estimate of drug-likeness (QED) is 0.897. The van der Waals surface area contributed by atoms with E-state index in [0.29, 0.717) is 6.54 Å². The second kappa shape index (κ2) is 4.53. The molecular weight excluding hydrogens is 250 g/mol. The van der Waals surface area contributed by atoms with Crippen LogP contribution in [0.15, 0.2) is 17.8 Å². The Balaban J connectivity index is 1.94. The zero-order chi connectivity index (χ0) is 12.5. The first-order valence-corrected chi connectivity index (χ1v) is 6.79. The number of aliphatic carboxylic acids is 1. The highest BCUT2D eigenvalue weighted by molar-refractivity contribution is 7.17. The van der Waals surface area contributed by atoms with Gasteiger partial charge in [0.25, 0.3) is 0 Å². The summed E-state index contributed by atoms with van der Waals surface area (Å²) in [6.45, 7) is 1.41. The van der Waals surface area contributed by atoms with Gasteiger partial charge in [0.1, 0.15) is 12.1 Å². The average Bonchev–Trinajstić information content (AvgIpc) is 2.87. The maximum atomic E-state index is 11.1. The Morgan fingerprint density at radius 3 is 3.22 bits per heavy atom. The molecule has 0 unspecified atom stereocenters. The lowest BCUT2D eigenvalue weighted by atomic mass is 9.98. The van der Waals surface area contributed by atoms with Gasteiger partial charge in [0.15, 0.2) is 0 Å². The zero-order valence-corrected chi connectivity index (χ0v) is 10.6. The van der Waals surface area contributed by atoms with Gasteiger partial charge in [-0.1, -0.05) is 0 Å². The molecule has 1 fully saturated rings. The molecule has 0 amide bonds. The molecule has 2 aromatic heterocycles. The number of nitrogens with zero attached hydrogens (tertiary/aromatic N) is 3. The van der Waals surface area contributed by atoms with Crippen molar-refractivity contribution in [2.24, 2.45) is 5.92 Å². The van der Waals surface area contributed by atoms with Gasteiger partial charge < -0.3 is 10.0 Å². The van der Waals surface area contributed by atoms with Crippen LogP contribution >= 0.6 is 11.3 Å². The molecule has 1 N–H and O–H groups in total. The minimum absolute atomic E-state index is 0.288. The second-order valence-electron chi connectivity index (χ2n) is 4.46. The molecule has 6 heteroatoms. The van der Waals surface area contributed by atoms with Crippen molar-refractivity contribution < 1.29 is 9.90 Å². The van der Waals surface area contributed by atoms with Crippen LogP contribution in [0.1, 0.15) is 12.8 Å². The van der Waals surface area contributed by atoms with Crippen molar-refractivity contribution in [2.75, 3.05) is 18.0 Å². The van der Waals surface area contributed by atoms with Crippen LogP contribution < -0.4 is 4.90 Å². The Hall–Kier alpha value is -1.69. The molecule has 3 rings (SSSR count). The van der Waals surface area contributed by atoms with Crippen molar-refractivity contribution in [3.8, 4) is 0 Å². The summed E-state index contributed by atoms with van der Waals surface area (Å²) in [4.78, 5) is 21.7. The van der Waals surface area contributed by atoms with Crippen LogP contribution in [-0.2, 0) is 4.79 Å². The van der Waals surface area contributed by atoms with Crippen molar-refractivity contribution in [3.63, 3.8) is 0 Å². The predicted molar refractivity (Wildman–Crippen MR) is 70.0 cm³/mol. The van der Waals surface area contributed by atoms with E-state index in [1.165, 1.54) is 0 Å². The smallest absolute Gasteiger partial charge is 0.308 e. The van der Waals surface area contributed by atoms with Crippen LogP contribution in [0.2, 0.25) is 0 Å². The molecule has 1 saturated heterocycles. The number of hydrogen-bond donors (Lipinski definition) is 1. The summed E-state index contributed by atoms with van der Waals surface area (Å²) in [6, 6.07) is 1.96. The number of carboxylic acid groups (broad SMARTS) is 1. The number of rotatable bonds is 2. The molecule has 1 atom stereocenters. The lowest BCUT2D eigenvalue weighted by Crippen LogP contribution is -2.39. The standard InChI is InChI=1S/C12H13N3O2S/c16-12(17)8-2-1-4-15(6-8)11-10-9(3-5-18-10)13-7-14-11/h3,5,7-8H,1-2,4,6H2,(H,16,17)/t8-/m1/s1. The summed E-state index contributed by atoms with van der Waals surface area (Å²) in [5.74, 6) is -0.124.